The average Bonchev–Trinajstić information content (AvgIpc) is 2.36. The number of amides is 2. The zero-order valence-corrected chi connectivity index (χ0v) is 14.3. The fraction of sp³-hybridized carbons (Fsp3) is 0.500. The smallest absolute Gasteiger partial charge is 0.246 e. The predicted molar refractivity (Wildman–Crippen MR) is 86.5 cm³/mol. The fourth-order valence-corrected chi connectivity index (χ4v) is 2.13. The minimum atomic E-state index is -0.742. The van der Waals surface area contributed by atoms with Gasteiger partial charge in [-0.3, -0.25) is 9.59 Å². The Morgan fingerprint density at radius 2 is 1.91 bits per heavy atom. The molecule has 0 aliphatic carbocycles. The van der Waals surface area contributed by atoms with E-state index in [9.17, 15) is 14.0 Å². The molecule has 22 heavy (non-hydrogen) atoms. The lowest BCUT2D eigenvalue weighted by Crippen LogP contribution is -2.42. The van der Waals surface area contributed by atoms with Gasteiger partial charge in [0.15, 0.2) is 0 Å². The van der Waals surface area contributed by atoms with Crippen LogP contribution in [0.15, 0.2) is 12.1 Å². The predicted octanol–water partition coefficient (Wildman–Crippen LogP) is 3.67. The molecule has 0 fully saturated rings. The lowest BCUT2D eigenvalue weighted by Gasteiger charge is -2.20. The van der Waals surface area contributed by atoms with E-state index in [0.29, 0.717) is 6.42 Å². The monoisotopic (exact) mass is 328 g/mol. The molecule has 0 aliphatic rings. The number of halogens is 2. The molecule has 0 spiro atoms. The summed E-state index contributed by atoms with van der Waals surface area (Å²) in [4.78, 5) is 24.0. The second-order valence-electron chi connectivity index (χ2n) is 6.55. The average molecular weight is 329 g/mol. The summed E-state index contributed by atoms with van der Waals surface area (Å²) >= 11 is 5.97. The summed E-state index contributed by atoms with van der Waals surface area (Å²) in [5.41, 5.74) is 0.320. The van der Waals surface area contributed by atoms with Crippen LogP contribution in [-0.2, 0) is 9.59 Å². The van der Waals surface area contributed by atoms with Gasteiger partial charge in [-0.15, -0.1) is 0 Å². The van der Waals surface area contributed by atoms with Crippen LogP contribution in [0.5, 0.6) is 0 Å². The van der Waals surface area contributed by atoms with Gasteiger partial charge in [-0.2, -0.15) is 0 Å². The van der Waals surface area contributed by atoms with E-state index in [1.54, 1.807) is 6.92 Å². The van der Waals surface area contributed by atoms with Gasteiger partial charge in [0, 0.05) is 12.0 Å². The summed E-state index contributed by atoms with van der Waals surface area (Å²) < 4.78 is 13.5. The van der Waals surface area contributed by atoms with Crippen molar-refractivity contribution in [1.82, 2.24) is 5.32 Å². The molecule has 0 aromatic heterocycles. The normalized spacial score (nSPS) is 12.7. The first kappa shape index (κ1) is 18.4. The van der Waals surface area contributed by atoms with Gasteiger partial charge in [0.2, 0.25) is 11.8 Å². The van der Waals surface area contributed by atoms with Crippen molar-refractivity contribution in [1.29, 1.82) is 0 Å². The number of benzene rings is 1. The Kier molecular flexibility index (Phi) is 5.94. The fourth-order valence-electron chi connectivity index (χ4n) is 1.88. The Balaban J connectivity index is 2.74. The third kappa shape index (κ3) is 5.30. The van der Waals surface area contributed by atoms with Gasteiger partial charge in [0.05, 0.1) is 10.7 Å². The van der Waals surface area contributed by atoms with Crippen LogP contribution in [0.4, 0.5) is 10.1 Å². The summed E-state index contributed by atoms with van der Waals surface area (Å²) in [5.74, 6) is -1.11. The summed E-state index contributed by atoms with van der Waals surface area (Å²) in [5, 5.41) is 5.43. The topological polar surface area (TPSA) is 58.2 Å². The Hall–Kier alpha value is -1.62. The quantitative estimate of drug-likeness (QED) is 0.886. The van der Waals surface area contributed by atoms with Crippen molar-refractivity contribution in [3.8, 4) is 0 Å². The molecular weight excluding hydrogens is 307 g/mol. The van der Waals surface area contributed by atoms with Gasteiger partial charge in [0.25, 0.3) is 0 Å². The van der Waals surface area contributed by atoms with Gasteiger partial charge in [-0.25, -0.2) is 4.39 Å². The van der Waals surface area contributed by atoms with E-state index in [-0.39, 0.29) is 27.6 Å². The number of hydrogen-bond donors (Lipinski definition) is 2. The number of rotatable bonds is 4. The Labute approximate surface area is 135 Å². The van der Waals surface area contributed by atoms with Crippen molar-refractivity contribution in [3.63, 3.8) is 0 Å². The van der Waals surface area contributed by atoms with Crippen molar-refractivity contribution in [2.24, 2.45) is 5.41 Å². The lowest BCUT2D eigenvalue weighted by atomic mass is 9.92. The highest BCUT2D eigenvalue weighted by atomic mass is 35.5. The molecule has 0 unspecified atom stereocenters. The number of hydrogen-bond acceptors (Lipinski definition) is 2. The van der Waals surface area contributed by atoms with Gasteiger partial charge in [-0.05, 0) is 31.4 Å². The minimum absolute atomic E-state index is 0.164. The van der Waals surface area contributed by atoms with Crippen LogP contribution in [-0.4, -0.2) is 17.9 Å². The second-order valence-corrected chi connectivity index (χ2v) is 6.95. The Bertz CT molecular complexity index is 582. The van der Waals surface area contributed by atoms with Crippen LogP contribution in [0.2, 0.25) is 5.02 Å². The number of nitrogens with one attached hydrogen (secondary N) is 2. The second kappa shape index (κ2) is 7.09. The molecule has 1 aromatic carbocycles. The minimum Gasteiger partial charge on any atom is -0.345 e. The van der Waals surface area contributed by atoms with Gasteiger partial charge < -0.3 is 10.6 Å². The van der Waals surface area contributed by atoms with Crippen molar-refractivity contribution in [3.05, 3.63) is 28.5 Å². The number of carbonyl (C=O) groups is 2. The zero-order chi connectivity index (χ0) is 17.1. The van der Waals surface area contributed by atoms with Crippen molar-refractivity contribution in [2.75, 3.05) is 5.32 Å². The molecule has 0 bridgehead atoms. The van der Waals surface area contributed by atoms with E-state index >= 15 is 0 Å². The maximum Gasteiger partial charge on any atom is 0.246 e. The molecule has 2 amide bonds. The van der Waals surface area contributed by atoms with Crippen LogP contribution in [0, 0.1) is 18.2 Å². The van der Waals surface area contributed by atoms with E-state index in [0.717, 1.165) is 0 Å². The van der Waals surface area contributed by atoms with Crippen LogP contribution in [0.1, 0.15) is 39.7 Å². The molecule has 0 aliphatic heterocycles. The molecule has 0 saturated carbocycles. The number of carbonyl (C=O) groups excluding carboxylic acids is 2. The maximum atomic E-state index is 13.5. The van der Waals surface area contributed by atoms with E-state index in [2.05, 4.69) is 10.6 Å². The molecule has 122 valence electrons. The molecule has 2 N–H and O–H groups in total. The summed E-state index contributed by atoms with van der Waals surface area (Å²) in [7, 11) is 0. The SMILES string of the molecule is Cc1c(F)ccc(Cl)c1NC(=O)[C@H](C)NC(=O)CC(C)(C)C. The molecule has 0 radical (unpaired) electrons. The Morgan fingerprint density at radius 3 is 2.45 bits per heavy atom. The van der Waals surface area contributed by atoms with Gasteiger partial charge in [-0.1, -0.05) is 32.4 Å². The standard InChI is InChI=1S/C16H22ClFN2O2/c1-9-12(18)7-6-11(17)14(9)20-15(22)10(2)19-13(21)8-16(3,4)5/h6-7,10H,8H2,1-5H3,(H,19,21)(H,20,22)/t10-/m0/s1. The maximum absolute atomic E-state index is 13.5. The number of anilines is 1. The van der Waals surface area contributed by atoms with E-state index in [1.807, 2.05) is 20.8 Å². The highest BCUT2D eigenvalue weighted by Gasteiger charge is 2.21. The molecule has 1 aromatic rings. The summed E-state index contributed by atoms with van der Waals surface area (Å²) in [6.07, 6.45) is 0.310. The van der Waals surface area contributed by atoms with E-state index in [1.165, 1.54) is 19.1 Å². The molecule has 1 atom stereocenters. The zero-order valence-electron chi connectivity index (χ0n) is 13.5. The largest absolute Gasteiger partial charge is 0.345 e. The Morgan fingerprint density at radius 1 is 1.32 bits per heavy atom. The first-order valence-corrected chi connectivity index (χ1v) is 7.44. The molecule has 0 saturated heterocycles. The van der Waals surface area contributed by atoms with Crippen LogP contribution in [0.25, 0.3) is 0 Å². The first-order valence-electron chi connectivity index (χ1n) is 7.06. The molecule has 0 heterocycles. The van der Waals surface area contributed by atoms with Crippen LogP contribution >= 0.6 is 11.6 Å². The van der Waals surface area contributed by atoms with Gasteiger partial charge in [0.1, 0.15) is 11.9 Å². The summed E-state index contributed by atoms with van der Waals surface area (Å²) in [6, 6.07) is 1.87. The van der Waals surface area contributed by atoms with Crippen molar-refractivity contribution in [2.45, 2.75) is 47.1 Å². The molecular formula is C16H22ClFN2O2. The highest BCUT2D eigenvalue weighted by Crippen LogP contribution is 2.27. The third-order valence-corrected chi connectivity index (χ3v) is 3.37. The van der Waals surface area contributed by atoms with Gasteiger partial charge >= 0.3 is 0 Å². The van der Waals surface area contributed by atoms with Crippen LogP contribution in [0.3, 0.4) is 0 Å². The molecule has 4 nitrogen and oxygen atoms in total. The van der Waals surface area contributed by atoms with E-state index in [4.69, 9.17) is 11.6 Å². The van der Waals surface area contributed by atoms with Crippen molar-refractivity contribution < 1.29 is 14.0 Å². The third-order valence-electron chi connectivity index (χ3n) is 3.06. The van der Waals surface area contributed by atoms with E-state index < -0.39 is 17.8 Å². The van der Waals surface area contributed by atoms with Crippen molar-refractivity contribution >= 4 is 29.1 Å². The first-order chi connectivity index (χ1) is 10.0. The van der Waals surface area contributed by atoms with Crippen LogP contribution < -0.4 is 10.6 Å². The molecule has 6 heteroatoms. The molecule has 1 rings (SSSR count). The lowest BCUT2D eigenvalue weighted by molar-refractivity contribution is -0.127. The summed E-state index contributed by atoms with van der Waals surface area (Å²) in [6.45, 7) is 8.91. The highest BCUT2D eigenvalue weighted by molar-refractivity contribution is 6.34.